The third-order valence-electron chi connectivity index (χ3n) is 3.15. The van der Waals surface area contributed by atoms with E-state index in [0.717, 1.165) is 18.2 Å². The molecule has 0 aliphatic carbocycles. The molecule has 0 saturated carbocycles. The van der Waals surface area contributed by atoms with Crippen LogP contribution in [0.3, 0.4) is 0 Å². The van der Waals surface area contributed by atoms with Crippen LogP contribution in [-0.4, -0.2) is 30.6 Å². The maximum Gasteiger partial charge on any atom is 0.357 e. The summed E-state index contributed by atoms with van der Waals surface area (Å²) in [7, 11) is 0. The highest BCUT2D eigenvalue weighted by Crippen LogP contribution is 2.32. The average molecular weight is 268 g/mol. The van der Waals surface area contributed by atoms with Gasteiger partial charge in [0.1, 0.15) is 0 Å². The van der Waals surface area contributed by atoms with Gasteiger partial charge in [-0.3, -0.25) is 0 Å². The standard InChI is InChI=1S/C13H20N2O2S/c1-4-17-11(16)10-8-18-12(14-10)15-7-5-6-13(2,3)9-15/h8H,4-7,9H2,1-3H3. The second-order valence-corrected chi connectivity index (χ2v) is 6.26. The van der Waals surface area contributed by atoms with Gasteiger partial charge >= 0.3 is 5.97 Å². The van der Waals surface area contributed by atoms with E-state index >= 15 is 0 Å². The molecule has 0 unspecified atom stereocenters. The van der Waals surface area contributed by atoms with Crippen molar-refractivity contribution < 1.29 is 9.53 Å². The summed E-state index contributed by atoms with van der Waals surface area (Å²) in [6.45, 7) is 8.78. The number of hydrogen-bond acceptors (Lipinski definition) is 5. The molecule has 0 amide bonds. The Hall–Kier alpha value is -1.10. The Kier molecular flexibility index (Phi) is 3.90. The van der Waals surface area contributed by atoms with E-state index in [0.29, 0.717) is 17.7 Å². The Bertz CT molecular complexity index is 428. The van der Waals surface area contributed by atoms with Crippen molar-refractivity contribution in [1.29, 1.82) is 0 Å². The van der Waals surface area contributed by atoms with Gasteiger partial charge < -0.3 is 9.64 Å². The van der Waals surface area contributed by atoms with E-state index in [4.69, 9.17) is 4.74 Å². The van der Waals surface area contributed by atoms with E-state index in [9.17, 15) is 4.79 Å². The molecule has 5 heteroatoms. The minimum Gasteiger partial charge on any atom is -0.461 e. The molecule has 0 bridgehead atoms. The van der Waals surface area contributed by atoms with Crippen LogP contribution in [0.25, 0.3) is 0 Å². The van der Waals surface area contributed by atoms with Crippen molar-refractivity contribution in [3.63, 3.8) is 0 Å². The fourth-order valence-electron chi connectivity index (χ4n) is 2.29. The van der Waals surface area contributed by atoms with E-state index in [1.165, 1.54) is 24.2 Å². The number of thiazole rings is 1. The fourth-order valence-corrected chi connectivity index (χ4v) is 3.12. The van der Waals surface area contributed by atoms with Crippen LogP contribution in [0.15, 0.2) is 5.38 Å². The lowest BCUT2D eigenvalue weighted by Crippen LogP contribution is -2.40. The predicted molar refractivity (Wildman–Crippen MR) is 73.3 cm³/mol. The molecule has 4 nitrogen and oxygen atoms in total. The first-order valence-electron chi connectivity index (χ1n) is 6.39. The van der Waals surface area contributed by atoms with Crippen LogP contribution in [0.2, 0.25) is 0 Å². The molecule has 0 radical (unpaired) electrons. The van der Waals surface area contributed by atoms with Gasteiger partial charge in [-0.15, -0.1) is 11.3 Å². The first kappa shape index (κ1) is 13.3. The molecular weight excluding hydrogens is 248 g/mol. The van der Waals surface area contributed by atoms with Gasteiger partial charge in [-0.25, -0.2) is 9.78 Å². The van der Waals surface area contributed by atoms with Gasteiger partial charge in [0.2, 0.25) is 0 Å². The molecule has 2 rings (SSSR count). The maximum atomic E-state index is 11.6. The van der Waals surface area contributed by atoms with Crippen molar-refractivity contribution in [2.24, 2.45) is 5.41 Å². The van der Waals surface area contributed by atoms with Crippen LogP contribution < -0.4 is 4.90 Å². The van der Waals surface area contributed by atoms with E-state index in [-0.39, 0.29) is 5.97 Å². The summed E-state index contributed by atoms with van der Waals surface area (Å²) in [4.78, 5) is 18.2. The van der Waals surface area contributed by atoms with Gasteiger partial charge in [0, 0.05) is 18.5 Å². The van der Waals surface area contributed by atoms with E-state index in [1.807, 2.05) is 0 Å². The van der Waals surface area contributed by atoms with Gasteiger partial charge in [0.15, 0.2) is 10.8 Å². The molecule has 1 aliphatic rings. The number of carbonyl (C=O) groups excluding carboxylic acids is 1. The minimum atomic E-state index is -0.323. The molecule has 18 heavy (non-hydrogen) atoms. The molecular formula is C13H20N2O2S. The van der Waals surface area contributed by atoms with Crippen LogP contribution in [-0.2, 0) is 4.74 Å². The first-order valence-corrected chi connectivity index (χ1v) is 7.27. The second kappa shape index (κ2) is 5.26. The van der Waals surface area contributed by atoms with Gasteiger partial charge in [-0.2, -0.15) is 0 Å². The number of carbonyl (C=O) groups is 1. The molecule has 1 aliphatic heterocycles. The molecule has 100 valence electrons. The fraction of sp³-hybridized carbons (Fsp3) is 0.692. The Morgan fingerprint density at radius 2 is 2.39 bits per heavy atom. The van der Waals surface area contributed by atoms with Crippen molar-refractivity contribution in [1.82, 2.24) is 4.98 Å². The smallest absolute Gasteiger partial charge is 0.357 e. The molecule has 1 saturated heterocycles. The minimum absolute atomic E-state index is 0.323. The molecule has 0 aromatic carbocycles. The largest absolute Gasteiger partial charge is 0.461 e. The first-order chi connectivity index (χ1) is 8.52. The zero-order valence-electron chi connectivity index (χ0n) is 11.2. The molecule has 1 aromatic rings. The number of anilines is 1. The molecule has 0 spiro atoms. The van der Waals surface area contributed by atoms with Crippen molar-refractivity contribution in [2.45, 2.75) is 33.6 Å². The monoisotopic (exact) mass is 268 g/mol. The molecule has 2 heterocycles. The van der Waals surface area contributed by atoms with Crippen LogP contribution >= 0.6 is 11.3 Å². The van der Waals surface area contributed by atoms with Crippen LogP contribution in [0.1, 0.15) is 44.1 Å². The summed E-state index contributed by atoms with van der Waals surface area (Å²) in [5.41, 5.74) is 0.758. The van der Waals surface area contributed by atoms with E-state index < -0.39 is 0 Å². The quantitative estimate of drug-likeness (QED) is 0.790. The second-order valence-electron chi connectivity index (χ2n) is 5.43. The van der Waals surface area contributed by atoms with Crippen LogP contribution in [0.4, 0.5) is 5.13 Å². The summed E-state index contributed by atoms with van der Waals surface area (Å²) in [5, 5.41) is 2.72. The lowest BCUT2D eigenvalue weighted by atomic mass is 9.84. The van der Waals surface area contributed by atoms with Gasteiger partial charge in [0.25, 0.3) is 0 Å². The molecule has 1 fully saturated rings. The zero-order valence-corrected chi connectivity index (χ0v) is 12.0. The molecule has 0 atom stereocenters. The van der Waals surface area contributed by atoms with Gasteiger partial charge in [-0.05, 0) is 25.2 Å². The number of rotatable bonds is 3. The summed E-state index contributed by atoms with van der Waals surface area (Å²) >= 11 is 1.52. The van der Waals surface area contributed by atoms with Crippen molar-refractivity contribution in [2.75, 3.05) is 24.6 Å². The SMILES string of the molecule is CCOC(=O)c1csc(N2CCCC(C)(C)C2)n1. The lowest BCUT2D eigenvalue weighted by Gasteiger charge is -2.37. The highest BCUT2D eigenvalue weighted by atomic mass is 32.1. The summed E-state index contributed by atoms with van der Waals surface area (Å²) in [6.07, 6.45) is 2.43. The van der Waals surface area contributed by atoms with E-state index in [2.05, 4.69) is 23.7 Å². The Morgan fingerprint density at radius 1 is 1.61 bits per heavy atom. The number of aromatic nitrogens is 1. The maximum absolute atomic E-state index is 11.6. The van der Waals surface area contributed by atoms with Gasteiger partial charge in [-0.1, -0.05) is 13.8 Å². The normalized spacial score (nSPS) is 18.7. The number of nitrogens with zero attached hydrogens (tertiary/aromatic N) is 2. The summed E-state index contributed by atoms with van der Waals surface area (Å²) < 4.78 is 4.96. The van der Waals surface area contributed by atoms with Crippen molar-refractivity contribution in [3.05, 3.63) is 11.1 Å². The van der Waals surface area contributed by atoms with Gasteiger partial charge in [0.05, 0.1) is 6.61 Å². The topological polar surface area (TPSA) is 42.4 Å². The average Bonchev–Trinajstić information content (AvgIpc) is 2.77. The lowest BCUT2D eigenvalue weighted by molar-refractivity contribution is 0.0520. The Labute approximate surface area is 112 Å². The Balaban J connectivity index is 2.08. The highest BCUT2D eigenvalue weighted by Gasteiger charge is 2.28. The summed E-state index contributed by atoms with van der Waals surface area (Å²) in [5.74, 6) is -0.323. The summed E-state index contributed by atoms with van der Waals surface area (Å²) in [6, 6.07) is 0. The molecule has 1 aromatic heterocycles. The third-order valence-corrected chi connectivity index (χ3v) is 4.05. The van der Waals surface area contributed by atoms with E-state index in [1.54, 1.807) is 12.3 Å². The third kappa shape index (κ3) is 3.02. The van der Waals surface area contributed by atoms with Crippen LogP contribution in [0.5, 0.6) is 0 Å². The molecule has 0 N–H and O–H groups in total. The Morgan fingerprint density at radius 3 is 3.06 bits per heavy atom. The number of piperidine rings is 1. The predicted octanol–water partition coefficient (Wildman–Crippen LogP) is 2.95. The number of ether oxygens (including phenoxy) is 1. The number of esters is 1. The van der Waals surface area contributed by atoms with Crippen molar-refractivity contribution >= 4 is 22.4 Å². The van der Waals surface area contributed by atoms with Crippen LogP contribution in [0, 0.1) is 5.41 Å². The zero-order chi connectivity index (χ0) is 13.2. The van der Waals surface area contributed by atoms with Crippen molar-refractivity contribution in [3.8, 4) is 0 Å². The highest BCUT2D eigenvalue weighted by molar-refractivity contribution is 7.13. The number of hydrogen-bond donors (Lipinski definition) is 0.